The second-order valence-electron chi connectivity index (χ2n) is 5.70. The lowest BCUT2D eigenvalue weighted by molar-refractivity contribution is 0.102. The third-order valence-electron chi connectivity index (χ3n) is 3.84. The number of carbonyl (C=O) groups excluding carboxylic acids is 1. The highest BCUT2D eigenvalue weighted by Gasteiger charge is 2.19. The van der Waals surface area contributed by atoms with Crippen LogP contribution < -0.4 is 11.1 Å². The van der Waals surface area contributed by atoms with E-state index in [4.69, 9.17) is 15.7 Å². The van der Waals surface area contributed by atoms with Crippen LogP contribution in [0.3, 0.4) is 0 Å². The van der Waals surface area contributed by atoms with Gasteiger partial charge in [-0.15, -0.1) is 0 Å². The molecule has 7 nitrogen and oxygen atoms in total. The number of benzene rings is 1. The second-order valence-corrected chi connectivity index (χ2v) is 5.70. The molecule has 0 saturated heterocycles. The standard InChI is InChI=1S/C18H16FN5O2/c19-14-3-2-12(7-13(14)16-10-26-6-5-17(21)24-16)23-18(25)15-4-1-11(8-20)9-22-15/h1-4,7,9,16H,5-6,10H2,(H2,21,24)(H,23,25). The lowest BCUT2D eigenvalue weighted by atomic mass is 10.1. The summed E-state index contributed by atoms with van der Waals surface area (Å²) in [6, 6.07) is 8.52. The zero-order valence-corrected chi connectivity index (χ0v) is 13.8. The van der Waals surface area contributed by atoms with Crippen LogP contribution in [0.15, 0.2) is 41.5 Å². The second kappa shape index (κ2) is 7.72. The van der Waals surface area contributed by atoms with Crippen molar-refractivity contribution in [1.29, 1.82) is 5.26 Å². The lowest BCUT2D eigenvalue weighted by Crippen LogP contribution is -2.15. The molecule has 3 N–H and O–H groups in total. The summed E-state index contributed by atoms with van der Waals surface area (Å²) >= 11 is 0. The van der Waals surface area contributed by atoms with Crippen molar-refractivity contribution < 1.29 is 13.9 Å². The number of ether oxygens (including phenoxy) is 1. The molecule has 0 radical (unpaired) electrons. The van der Waals surface area contributed by atoms with Crippen LogP contribution in [0.4, 0.5) is 10.1 Å². The van der Waals surface area contributed by atoms with Crippen LogP contribution in [0.1, 0.15) is 34.1 Å². The maximum Gasteiger partial charge on any atom is 0.274 e. The molecule has 1 aliphatic heterocycles. The molecule has 1 unspecified atom stereocenters. The van der Waals surface area contributed by atoms with Crippen molar-refractivity contribution in [3.05, 3.63) is 59.2 Å². The molecule has 0 spiro atoms. The minimum absolute atomic E-state index is 0.148. The summed E-state index contributed by atoms with van der Waals surface area (Å²) in [5.74, 6) is -0.512. The summed E-state index contributed by atoms with van der Waals surface area (Å²) < 4.78 is 19.7. The number of amides is 1. The normalized spacial score (nSPS) is 16.9. The van der Waals surface area contributed by atoms with Crippen LogP contribution in [0.5, 0.6) is 0 Å². The van der Waals surface area contributed by atoms with Crippen LogP contribution in [0.2, 0.25) is 0 Å². The van der Waals surface area contributed by atoms with E-state index in [1.807, 2.05) is 6.07 Å². The van der Waals surface area contributed by atoms with Crippen molar-refractivity contribution >= 4 is 17.4 Å². The Balaban J connectivity index is 1.81. The van der Waals surface area contributed by atoms with Gasteiger partial charge in [-0.1, -0.05) is 0 Å². The zero-order chi connectivity index (χ0) is 18.5. The number of aromatic nitrogens is 1. The number of rotatable bonds is 3. The van der Waals surface area contributed by atoms with Crippen molar-refractivity contribution in [1.82, 2.24) is 4.98 Å². The van der Waals surface area contributed by atoms with Crippen molar-refractivity contribution in [3.63, 3.8) is 0 Å². The molecular weight excluding hydrogens is 337 g/mol. The summed E-state index contributed by atoms with van der Waals surface area (Å²) in [5.41, 5.74) is 6.97. The first-order valence-corrected chi connectivity index (χ1v) is 7.93. The van der Waals surface area contributed by atoms with Gasteiger partial charge >= 0.3 is 0 Å². The molecule has 1 aromatic carbocycles. The number of nitrogens with two attached hydrogens (primary N) is 1. The Kier molecular flexibility index (Phi) is 5.20. The van der Waals surface area contributed by atoms with Gasteiger partial charge in [0.05, 0.1) is 24.6 Å². The van der Waals surface area contributed by atoms with Gasteiger partial charge in [0.25, 0.3) is 5.91 Å². The van der Waals surface area contributed by atoms with Crippen LogP contribution in [-0.4, -0.2) is 29.9 Å². The van der Waals surface area contributed by atoms with Gasteiger partial charge in [-0.25, -0.2) is 9.37 Å². The van der Waals surface area contributed by atoms with E-state index in [1.54, 1.807) is 0 Å². The van der Waals surface area contributed by atoms with Gasteiger partial charge in [0.1, 0.15) is 23.6 Å². The van der Waals surface area contributed by atoms with E-state index in [0.717, 1.165) is 0 Å². The fourth-order valence-corrected chi connectivity index (χ4v) is 2.50. The average Bonchev–Trinajstić information content (AvgIpc) is 2.87. The van der Waals surface area contributed by atoms with Crippen LogP contribution in [0, 0.1) is 17.1 Å². The third-order valence-corrected chi connectivity index (χ3v) is 3.84. The Morgan fingerprint density at radius 3 is 2.96 bits per heavy atom. The number of nitrogens with zero attached hydrogens (tertiary/aromatic N) is 3. The Morgan fingerprint density at radius 1 is 1.38 bits per heavy atom. The Labute approximate surface area is 149 Å². The largest absolute Gasteiger partial charge is 0.387 e. The predicted octanol–water partition coefficient (Wildman–Crippen LogP) is 2.16. The molecular formula is C18H16FN5O2. The first-order chi connectivity index (χ1) is 12.6. The van der Waals surface area contributed by atoms with Crippen molar-refractivity contribution in [2.45, 2.75) is 12.5 Å². The van der Waals surface area contributed by atoms with E-state index in [0.29, 0.717) is 35.7 Å². The SMILES string of the molecule is N#Cc1ccc(C(=O)Nc2ccc(F)c(C3COCCC(N)=N3)c2)nc1. The molecule has 8 heteroatoms. The summed E-state index contributed by atoms with van der Waals surface area (Å²) in [6.07, 6.45) is 1.81. The first-order valence-electron chi connectivity index (χ1n) is 7.93. The molecule has 132 valence electrons. The number of hydrogen-bond donors (Lipinski definition) is 2. The Hall–Kier alpha value is -3.31. The molecule has 0 fully saturated rings. The van der Waals surface area contributed by atoms with Gasteiger partial charge in [0.2, 0.25) is 0 Å². The monoisotopic (exact) mass is 353 g/mol. The van der Waals surface area contributed by atoms with Crippen LogP contribution in [-0.2, 0) is 4.74 Å². The van der Waals surface area contributed by atoms with E-state index in [2.05, 4.69) is 15.3 Å². The molecule has 0 bridgehead atoms. The summed E-state index contributed by atoms with van der Waals surface area (Å²) in [7, 11) is 0. The lowest BCUT2D eigenvalue weighted by Gasteiger charge is -2.14. The predicted molar refractivity (Wildman–Crippen MR) is 93.1 cm³/mol. The van der Waals surface area contributed by atoms with E-state index >= 15 is 0 Å². The fraction of sp³-hybridized carbons (Fsp3) is 0.222. The minimum atomic E-state index is -0.567. The molecule has 1 aliphatic rings. The molecule has 3 rings (SSSR count). The van der Waals surface area contributed by atoms with Crippen LogP contribution >= 0.6 is 0 Å². The number of aliphatic imine (C=N–C) groups is 1. The number of nitriles is 1. The topological polar surface area (TPSA) is 113 Å². The van der Waals surface area contributed by atoms with Crippen molar-refractivity contribution in [3.8, 4) is 6.07 Å². The number of pyridine rings is 1. The van der Waals surface area contributed by atoms with Gasteiger partial charge < -0.3 is 15.8 Å². The molecule has 0 aliphatic carbocycles. The number of amidine groups is 1. The summed E-state index contributed by atoms with van der Waals surface area (Å²) in [5, 5.41) is 11.4. The van der Waals surface area contributed by atoms with E-state index in [-0.39, 0.29) is 12.3 Å². The third kappa shape index (κ3) is 4.02. The van der Waals surface area contributed by atoms with Crippen molar-refractivity contribution in [2.24, 2.45) is 10.7 Å². The minimum Gasteiger partial charge on any atom is -0.387 e. The molecule has 1 amide bonds. The fourth-order valence-electron chi connectivity index (χ4n) is 2.50. The van der Waals surface area contributed by atoms with E-state index in [9.17, 15) is 9.18 Å². The molecule has 1 atom stereocenters. The van der Waals surface area contributed by atoms with Gasteiger partial charge in [-0.3, -0.25) is 9.79 Å². The van der Waals surface area contributed by atoms with Crippen LogP contribution in [0.25, 0.3) is 0 Å². The highest BCUT2D eigenvalue weighted by Crippen LogP contribution is 2.26. The van der Waals surface area contributed by atoms with Crippen molar-refractivity contribution in [2.75, 3.05) is 18.5 Å². The molecule has 1 aromatic heterocycles. The summed E-state index contributed by atoms with van der Waals surface area (Å²) in [6.45, 7) is 0.653. The van der Waals surface area contributed by atoms with Gasteiger partial charge in [0, 0.05) is 23.9 Å². The van der Waals surface area contributed by atoms with E-state index in [1.165, 1.54) is 36.5 Å². The number of hydrogen-bond acceptors (Lipinski definition) is 6. The maximum absolute atomic E-state index is 14.2. The summed E-state index contributed by atoms with van der Waals surface area (Å²) in [4.78, 5) is 20.5. The molecule has 26 heavy (non-hydrogen) atoms. The molecule has 2 aromatic rings. The number of nitrogens with one attached hydrogen (secondary N) is 1. The average molecular weight is 353 g/mol. The number of halogens is 1. The van der Waals surface area contributed by atoms with Gasteiger partial charge in [-0.2, -0.15) is 5.26 Å². The number of anilines is 1. The Morgan fingerprint density at radius 2 is 2.23 bits per heavy atom. The smallest absolute Gasteiger partial charge is 0.274 e. The zero-order valence-electron chi connectivity index (χ0n) is 13.8. The van der Waals surface area contributed by atoms with Gasteiger partial charge in [-0.05, 0) is 30.3 Å². The molecule has 0 saturated carbocycles. The number of carbonyl (C=O) groups is 1. The highest BCUT2D eigenvalue weighted by molar-refractivity contribution is 6.02. The first kappa shape index (κ1) is 17.5. The van der Waals surface area contributed by atoms with Gasteiger partial charge in [0.15, 0.2) is 0 Å². The quantitative estimate of drug-likeness (QED) is 0.878. The highest BCUT2D eigenvalue weighted by atomic mass is 19.1. The molecule has 2 heterocycles. The Bertz CT molecular complexity index is 889. The maximum atomic E-state index is 14.2. The van der Waals surface area contributed by atoms with E-state index < -0.39 is 17.8 Å².